The summed E-state index contributed by atoms with van der Waals surface area (Å²) in [6.45, 7) is 2.88. The lowest BCUT2D eigenvalue weighted by Gasteiger charge is -2.16. The van der Waals surface area contributed by atoms with Crippen molar-refractivity contribution in [1.82, 2.24) is 0 Å². The summed E-state index contributed by atoms with van der Waals surface area (Å²) in [5.41, 5.74) is 4.95. The maximum Gasteiger partial charge on any atom is 0.127 e. The fourth-order valence-electron chi connectivity index (χ4n) is 2.49. The lowest BCUT2D eigenvalue weighted by Crippen LogP contribution is -1.98. The van der Waals surface area contributed by atoms with Crippen LogP contribution in [-0.2, 0) is 6.42 Å². The fraction of sp³-hybridized carbons (Fsp3) is 0.250. The minimum Gasteiger partial charge on any atom is -0.493 e. The van der Waals surface area contributed by atoms with Crippen LogP contribution in [-0.4, -0.2) is 6.61 Å². The van der Waals surface area contributed by atoms with E-state index in [2.05, 4.69) is 85.0 Å². The molecule has 2 aromatic carbocycles. The molecule has 3 rings (SSSR count). The third-order valence-corrected chi connectivity index (χ3v) is 5.89. The minimum atomic E-state index is 0.138. The van der Waals surface area contributed by atoms with E-state index in [1.807, 2.05) is 0 Å². The zero-order chi connectivity index (χ0) is 14.3. The average Bonchev–Trinajstić information content (AvgIpc) is 2.88. The summed E-state index contributed by atoms with van der Waals surface area (Å²) in [5.74, 6) is 1.04. The van der Waals surface area contributed by atoms with Crippen molar-refractivity contribution >= 4 is 47.8 Å². The van der Waals surface area contributed by atoms with Crippen LogP contribution < -0.4 is 4.74 Å². The molecule has 1 nitrogen and oxygen atoms in total. The predicted molar refractivity (Wildman–Crippen MR) is 93.0 cm³/mol. The van der Waals surface area contributed by atoms with Crippen LogP contribution >= 0.6 is 47.8 Å². The first-order valence-corrected chi connectivity index (χ1v) is 8.91. The van der Waals surface area contributed by atoms with Gasteiger partial charge in [0.2, 0.25) is 0 Å². The number of ether oxygens (including phenoxy) is 1. The molecular formula is C16H13Br3O. The molecule has 0 saturated heterocycles. The molecule has 20 heavy (non-hydrogen) atoms. The second kappa shape index (κ2) is 5.82. The van der Waals surface area contributed by atoms with Gasteiger partial charge in [0.05, 0.1) is 11.4 Å². The normalized spacial score (nSPS) is 14.8. The molecule has 0 saturated carbocycles. The monoisotopic (exact) mass is 458 g/mol. The maximum atomic E-state index is 5.82. The number of halogens is 3. The van der Waals surface area contributed by atoms with Gasteiger partial charge in [0.1, 0.15) is 5.75 Å². The summed E-state index contributed by atoms with van der Waals surface area (Å²) in [6.07, 6.45) is 0.987. The molecule has 1 aliphatic rings. The largest absolute Gasteiger partial charge is 0.493 e. The molecule has 0 bridgehead atoms. The molecule has 0 aromatic heterocycles. The molecule has 0 radical (unpaired) electrons. The van der Waals surface area contributed by atoms with Crippen LogP contribution in [0.25, 0.3) is 0 Å². The Labute approximate surface area is 144 Å². The van der Waals surface area contributed by atoms with Gasteiger partial charge < -0.3 is 4.74 Å². The Kier molecular flexibility index (Phi) is 4.25. The molecular weight excluding hydrogens is 448 g/mol. The zero-order valence-corrected chi connectivity index (χ0v) is 15.7. The van der Waals surface area contributed by atoms with Crippen molar-refractivity contribution in [1.29, 1.82) is 0 Å². The second-order valence-electron chi connectivity index (χ2n) is 4.95. The van der Waals surface area contributed by atoms with E-state index in [-0.39, 0.29) is 4.83 Å². The summed E-state index contributed by atoms with van der Waals surface area (Å²) < 4.78 is 8.06. The van der Waals surface area contributed by atoms with Gasteiger partial charge in [-0.1, -0.05) is 59.9 Å². The van der Waals surface area contributed by atoms with Crippen LogP contribution in [0.1, 0.15) is 27.1 Å². The molecule has 0 amide bonds. The highest BCUT2D eigenvalue weighted by Gasteiger charge is 2.23. The Morgan fingerprint density at radius 1 is 1.15 bits per heavy atom. The van der Waals surface area contributed by atoms with Gasteiger partial charge in [0.15, 0.2) is 0 Å². The minimum absolute atomic E-state index is 0.138. The number of rotatable bonds is 2. The number of benzene rings is 2. The van der Waals surface area contributed by atoms with E-state index in [0.717, 1.165) is 27.7 Å². The van der Waals surface area contributed by atoms with Gasteiger partial charge in [-0.15, -0.1) is 0 Å². The predicted octanol–water partition coefficient (Wildman–Crippen LogP) is 5.94. The first-order chi connectivity index (χ1) is 9.56. The van der Waals surface area contributed by atoms with E-state index in [0.29, 0.717) is 0 Å². The molecule has 2 aromatic rings. The highest BCUT2D eigenvalue weighted by atomic mass is 79.9. The van der Waals surface area contributed by atoms with Crippen molar-refractivity contribution < 1.29 is 4.74 Å². The molecule has 104 valence electrons. The van der Waals surface area contributed by atoms with Crippen LogP contribution in [0.5, 0.6) is 5.75 Å². The number of alkyl halides is 1. The third kappa shape index (κ3) is 2.70. The lowest BCUT2D eigenvalue weighted by atomic mass is 10.00. The number of aryl methyl sites for hydroxylation is 1. The van der Waals surface area contributed by atoms with E-state index in [1.165, 1.54) is 22.3 Å². The molecule has 1 atom stereocenters. The van der Waals surface area contributed by atoms with Gasteiger partial charge in [-0.25, -0.2) is 0 Å². The van der Waals surface area contributed by atoms with Gasteiger partial charge in [0, 0.05) is 20.9 Å². The van der Waals surface area contributed by atoms with Crippen LogP contribution in [0.15, 0.2) is 39.3 Å². The summed E-state index contributed by atoms with van der Waals surface area (Å²) in [6, 6.07) is 10.7. The fourth-order valence-corrected chi connectivity index (χ4v) is 3.89. The standard InChI is InChI=1S/C16H13Br3O/c1-9-6-10(2-3-14(9)18)15(19)13-8-12(17)7-11-4-5-20-16(11)13/h2-3,6-8,15H,4-5H2,1H3. The molecule has 1 heterocycles. The first kappa shape index (κ1) is 14.6. The van der Waals surface area contributed by atoms with Gasteiger partial charge in [-0.3, -0.25) is 0 Å². The van der Waals surface area contributed by atoms with Crippen LogP contribution in [0, 0.1) is 6.92 Å². The zero-order valence-electron chi connectivity index (χ0n) is 10.9. The van der Waals surface area contributed by atoms with Gasteiger partial charge in [0.25, 0.3) is 0 Å². The molecule has 1 aliphatic heterocycles. The van der Waals surface area contributed by atoms with Gasteiger partial charge in [-0.05, 0) is 41.8 Å². The van der Waals surface area contributed by atoms with Crippen molar-refractivity contribution in [3.05, 3.63) is 61.5 Å². The maximum absolute atomic E-state index is 5.82. The number of hydrogen-bond donors (Lipinski definition) is 0. The van der Waals surface area contributed by atoms with E-state index >= 15 is 0 Å². The highest BCUT2D eigenvalue weighted by Crippen LogP contribution is 2.42. The van der Waals surface area contributed by atoms with Crippen molar-refractivity contribution in [3.8, 4) is 5.75 Å². The lowest BCUT2D eigenvalue weighted by molar-refractivity contribution is 0.354. The molecule has 0 aliphatic carbocycles. The Balaban J connectivity index is 2.06. The van der Waals surface area contributed by atoms with Crippen LogP contribution in [0.3, 0.4) is 0 Å². The summed E-state index contributed by atoms with van der Waals surface area (Å²) in [4.78, 5) is 0.138. The van der Waals surface area contributed by atoms with Crippen molar-refractivity contribution in [3.63, 3.8) is 0 Å². The Bertz CT molecular complexity index is 667. The van der Waals surface area contributed by atoms with Crippen molar-refractivity contribution in [2.75, 3.05) is 6.61 Å². The summed E-state index contributed by atoms with van der Waals surface area (Å²) in [7, 11) is 0. The van der Waals surface area contributed by atoms with Crippen LogP contribution in [0.2, 0.25) is 0 Å². The highest BCUT2D eigenvalue weighted by molar-refractivity contribution is 9.11. The van der Waals surface area contributed by atoms with Crippen molar-refractivity contribution in [2.45, 2.75) is 18.2 Å². The smallest absolute Gasteiger partial charge is 0.127 e. The van der Waals surface area contributed by atoms with E-state index in [9.17, 15) is 0 Å². The van der Waals surface area contributed by atoms with Crippen LogP contribution in [0.4, 0.5) is 0 Å². The number of hydrogen-bond acceptors (Lipinski definition) is 1. The Morgan fingerprint density at radius 2 is 1.95 bits per heavy atom. The Hall–Kier alpha value is -0.320. The van der Waals surface area contributed by atoms with E-state index in [1.54, 1.807) is 0 Å². The van der Waals surface area contributed by atoms with E-state index in [4.69, 9.17) is 4.74 Å². The first-order valence-electron chi connectivity index (χ1n) is 6.41. The quantitative estimate of drug-likeness (QED) is 0.504. The van der Waals surface area contributed by atoms with E-state index < -0.39 is 0 Å². The molecule has 0 N–H and O–H groups in total. The van der Waals surface area contributed by atoms with Gasteiger partial charge in [-0.2, -0.15) is 0 Å². The molecule has 0 spiro atoms. The number of fused-ring (bicyclic) bond motifs is 1. The molecule has 0 fully saturated rings. The Morgan fingerprint density at radius 3 is 2.70 bits per heavy atom. The van der Waals surface area contributed by atoms with Crippen molar-refractivity contribution in [2.24, 2.45) is 0 Å². The average molecular weight is 461 g/mol. The summed E-state index contributed by atoms with van der Waals surface area (Å²) in [5, 5.41) is 0. The topological polar surface area (TPSA) is 9.23 Å². The second-order valence-corrected chi connectivity index (χ2v) is 7.64. The third-order valence-electron chi connectivity index (χ3n) is 3.52. The molecule has 4 heteroatoms. The van der Waals surface area contributed by atoms with Gasteiger partial charge >= 0.3 is 0 Å². The summed E-state index contributed by atoms with van der Waals surface area (Å²) >= 11 is 11.0. The molecule has 1 unspecified atom stereocenters. The SMILES string of the molecule is Cc1cc(C(Br)c2cc(Br)cc3c2OCC3)ccc1Br.